The lowest BCUT2D eigenvalue weighted by Gasteiger charge is -2.14. The van der Waals surface area contributed by atoms with Crippen LogP contribution < -0.4 is 15.2 Å². The normalized spacial score (nSPS) is 11.0. The van der Waals surface area contributed by atoms with E-state index in [1.54, 1.807) is 13.2 Å². The van der Waals surface area contributed by atoms with Crippen molar-refractivity contribution in [1.82, 2.24) is 10.2 Å². The van der Waals surface area contributed by atoms with Crippen LogP contribution in [-0.4, -0.2) is 17.3 Å². The zero-order chi connectivity index (χ0) is 18.5. The topological polar surface area (TPSA) is 83.4 Å². The van der Waals surface area contributed by atoms with E-state index in [9.17, 15) is 0 Å². The maximum atomic E-state index is 5.99. The molecule has 0 spiro atoms. The molecule has 0 aliphatic heterocycles. The highest BCUT2D eigenvalue weighted by atomic mass is 127. The van der Waals surface area contributed by atoms with Gasteiger partial charge in [0, 0.05) is 10.5 Å². The van der Waals surface area contributed by atoms with E-state index in [0.29, 0.717) is 24.0 Å². The Morgan fingerprint density at radius 3 is 2.77 bits per heavy atom. The summed E-state index contributed by atoms with van der Waals surface area (Å²) in [7, 11) is 1.61. The molecule has 3 rings (SSSR count). The number of rotatable bonds is 6. The number of methoxy groups -OCH3 is 1. The second-order valence-electron chi connectivity index (χ2n) is 5.26. The standard InChI is InChI=1S/C18H15BrIN3O3/c1-24-15-9-11(5-6-16-22-23-18(21)26-16)8-14(20)17(15)25-10-12-3-2-4-13(19)7-12/h2-9H,10H2,1H3,(H2,21,23)/b6-5+. The summed E-state index contributed by atoms with van der Waals surface area (Å²) in [4.78, 5) is 0. The third-order valence-corrected chi connectivity index (χ3v) is 4.69. The average Bonchev–Trinajstić information content (AvgIpc) is 3.04. The average molecular weight is 528 g/mol. The van der Waals surface area contributed by atoms with Crippen LogP contribution in [0.3, 0.4) is 0 Å². The fourth-order valence-corrected chi connectivity index (χ4v) is 3.47. The molecule has 2 N–H and O–H groups in total. The van der Waals surface area contributed by atoms with Crippen LogP contribution in [-0.2, 0) is 6.61 Å². The molecule has 1 heterocycles. The number of ether oxygens (including phenoxy) is 2. The Morgan fingerprint density at radius 1 is 1.23 bits per heavy atom. The molecule has 134 valence electrons. The molecule has 0 radical (unpaired) electrons. The summed E-state index contributed by atoms with van der Waals surface area (Å²) in [5.74, 6) is 1.69. The lowest BCUT2D eigenvalue weighted by molar-refractivity contribution is 0.282. The van der Waals surface area contributed by atoms with Gasteiger partial charge in [-0.15, -0.1) is 5.10 Å². The van der Waals surface area contributed by atoms with Crippen LogP contribution in [0.4, 0.5) is 6.01 Å². The second-order valence-corrected chi connectivity index (χ2v) is 7.34. The predicted molar refractivity (Wildman–Crippen MR) is 112 cm³/mol. The highest BCUT2D eigenvalue weighted by Crippen LogP contribution is 2.35. The van der Waals surface area contributed by atoms with Crippen LogP contribution in [0.1, 0.15) is 17.0 Å². The van der Waals surface area contributed by atoms with E-state index in [1.807, 2.05) is 42.5 Å². The molecule has 0 atom stereocenters. The molecule has 8 heteroatoms. The molecule has 1 aromatic heterocycles. The molecule has 6 nitrogen and oxygen atoms in total. The molecule has 2 aromatic carbocycles. The van der Waals surface area contributed by atoms with Gasteiger partial charge >= 0.3 is 6.01 Å². The minimum Gasteiger partial charge on any atom is -0.493 e. The Labute approximate surface area is 172 Å². The number of nitrogens with zero attached hydrogens (tertiary/aromatic N) is 2. The fraction of sp³-hybridized carbons (Fsp3) is 0.111. The minimum absolute atomic E-state index is 0.0353. The first-order valence-corrected chi connectivity index (χ1v) is 9.44. The molecular formula is C18H15BrIN3O3. The highest BCUT2D eigenvalue weighted by Gasteiger charge is 2.11. The summed E-state index contributed by atoms with van der Waals surface area (Å²) in [6.45, 7) is 0.447. The van der Waals surface area contributed by atoms with Crippen molar-refractivity contribution in [2.45, 2.75) is 6.61 Å². The zero-order valence-electron chi connectivity index (χ0n) is 13.8. The molecule has 0 fully saturated rings. The third kappa shape index (κ3) is 4.76. The minimum atomic E-state index is 0.0353. The van der Waals surface area contributed by atoms with Gasteiger partial charge in [-0.1, -0.05) is 33.2 Å². The van der Waals surface area contributed by atoms with Crippen molar-refractivity contribution in [3.63, 3.8) is 0 Å². The number of aromatic nitrogens is 2. The van der Waals surface area contributed by atoms with Gasteiger partial charge in [0.15, 0.2) is 11.5 Å². The smallest absolute Gasteiger partial charge is 0.313 e. The number of halogens is 2. The summed E-state index contributed by atoms with van der Waals surface area (Å²) in [6, 6.07) is 11.9. The predicted octanol–water partition coefficient (Wildman–Crippen LogP) is 4.78. The van der Waals surface area contributed by atoms with Crippen molar-refractivity contribution < 1.29 is 13.9 Å². The molecule has 3 aromatic rings. The van der Waals surface area contributed by atoms with Crippen LogP contribution in [0.2, 0.25) is 0 Å². The molecule has 0 aliphatic rings. The van der Waals surface area contributed by atoms with Crippen molar-refractivity contribution in [2.24, 2.45) is 0 Å². The van der Waals surface area contributed by atoms with Crippen LogP contribution in [0.5, 0.6) is 11.5 Å². The SMILES string of the molecule is COc1cc(/C=C/c2nnc(N)o2)cc(I)c1OCc1cccc(Br)c1. The molecule has 0 bridgehead atoms. The largest absolute Gasteiger partial charge is 0.493 e. The van der Waals surface area contributed by atoms with E-state index < -0.39 is 0 Å². The van der Waals surface area contributed by atoms with E-state index in [2.05, 4.69) is 48.7 Å². The number of hydrogen-bond donors (Lipinski definition) is 1. The van der Waals surface area contributed by atoms with E-state index in [1.165, 1.54) is 0 Å². The van der Waals surface area contributed by atoms with Gasteiger partial charge < -0.3 is 19.6 Å². The maximum Gasteiger partial charge on any atom is 0.313 e. The molecule has 0 saturated heterocycles. The van der Waals surface area contributed by atoms with Crippen LogP contribution in [0.25, 0.3) is 12.2 Å². The Hall–Kier alpha value is -2.07. The molecule has 0 saturated carbocycles. The van der Waals surface area contributed by atoms with E-state index in [-0.39, 0.29) is 6.01 Å². The first-order valence-electron chi connectivity index (χ1n) is 7.57. The van der Waals surface area contributed by atoms with Crippen LogP contribution in [0, 0.1) is 3.57 Å². The molecule has 0 amide bonds. The van der Waals surface area contributed by atoms with E-state index in [0.717, 1.165) is 19.2 Å². The van der Waals surface area contributed by atoms with Crippen molar-refractivity contribution >= 4 is 56.7 Å². The lowest BCUT2D eigenvalue weighted by Crippen LogP contribution is -2.00. The maximum absolute atomic E-state index is 5.99. The third-order valence-electron chi connectivity index (χ3n) is 3.40. The van der Waals surface area contributed by atoms with Crippen molar-refractivity contribution in [1.29, 1.82) is 0 Å². The first kappa shape index (κ1) is 18.7. The monoisotopic (exact) mass is 527 g/mol. The Morgan fingerprint density at radius 2 is 2.08 bits per heavy atom. The van der Waals surface area contributed by atoms with Gasteiger partial charge in [0.05, 0.1) is 10.7 Å². The van der Waals surface area contributed by atoms with Gasteiger partial charge in [-0.05, 0) is 64.1 Å². The Kier molecular flexibility index (Phi) is 6.15. The van der Waals surface area contributed by atoms with Crippen LogP contribution >= 0.6 is 38.5 Å². The Bertz CT molecular complexity index is 943. The molecule has 26 heavy (non-hydrogen) atoms. The highest BCUT2D eigenvalue weighted by molar-refractivity contribution is 14.1. The number of nitrogen functional groups attached to an aromatic ring is 1. The number of anilines is 1. The molecule has 0 aliphatic carbocycles. The summed E-state index contributed by atoms with van der Waals surface area (Å²) in [5, 5.41) is 7.41. The van der Waals surface area contributed by atoms with Crippen LogP contribution in [0.15, 0.2) is 45.3 Å². The molecular weight excluding hydrogens is 513 g/mol. The molecule has 0 unspecified atom stereocenters. The Balaban J connectivity index is 1.79. The van der Waals surface area contributed by atoms with Gasteiger partial charge in [0.1, 0.15) is 6.61 Å². The van der Waals surface area contributed by atoms with Gasteiger partial charge in [-0.25, -0.2) is 0 Å². The number of hydrogen-bond acceptors (Lipinski definition) is 6. The van der Waals surface area contributed by atoms with Gasteiger partial charge in [-0.3, -0.25) is 0 Å². The van der Waals surface area contributed by atoms with E-state index in [4.69, 9.17) is 19.6 Å². The van der Waals surface area contributed by atoms with E-state index >= 15 is 0 Å². The zero-order valence-corrected chi connectivity index (χ0v) is 17.5. The second kappa shape index (κ2) is 8.54. The number of benzene rings is 2. The van der Waals surface area contributed by atoms with Gasteiger partial charge in [0.25, 0.3) is 0 Å². The summed E-state index contributed by atoms with van der Waals surface area (Å²) in [6.07, 6.45) is 3.53. The van der Waals surface area contributed by atoms with Gasteiger partial charge in [-0.2, -0.15) is 0 Å². The summed E-state index contributed by atoms with van der Waals surface area (Å²) < 4.78 is 18.5. The van der Waals surface area contributed by atoms with Crippen molar-refractivity contribution in [2.75, 3.05) is 12.8 Å². The summed E-state index contributed by atoms with van der Waals surface area (Å²) >= 11 is 5.69. The first-order chi connectivity index (χ1) is 12.5. The number of nitrogens with two attached hydrogens (primary N) is 1. The summed E-state index contributed by atoms with van der Waals surface area (Å²) in [5.41, 5.74) is 7.39. The van der Waals surface area contributed by atoms with Gasteiger partial charge in [0.2, 0.25) is 5.89 Å². The quantitative estimate of drug-likeness (QED) is 0.465. The fourth-order valence-electron chi connectivity index (χ4n) is 2.24. The van der Waals surface area contributed by atoms with Crippen molar-refractivity contribution in [3.8, 4) is 11.5 Å². The van der Waals surface area contributed by atoms with Crippen molar-refractivity contribution in [3.05, 3.63) is 61.5 Å². The lowest BCUT2D eigenvalue weighted by atomic mass is 10.2.